The minimum absolute atomic E-state index is 0.0398. The van der Waals surface area contributed by atoms with Gasteiger partial charge in [-0.3, -0.25) is 10.1 Å². The summed E-state index contributed by atoms with van der Waals surface area (Å²) in [6.45, 7) is 0.430. The Morgan fingerprint density at radius 2 is 2.29 bits per heavy atom. The first-order valence-electron chi connectivity index (χ1n) is 6.05. The van der Waals surface area contributed by atoms with Crippen molar-refractivity contribution in [1.82, 2.24) is 9.97 Å². The van der Waals surface area contributed by atoms with Crippen LogP contribution in [0.3, 0.4) is 0 Å². The lowest BCUT2D eigenvalue weighted by Crippen LogP contribution is -2.01. The fourth-order valence-corrected chi connectivity index (χ4v) is 2.34. The number of hydrogen-bond acceptors (Lipinski definition) is 7. The number of nitrogens with zero attached hydrogens (tertiary/aromatic N) is 3. The van der Waals surface area contributed by atoms with Gasteiger partial charge in [-0.05, 0) is 17.5 Å². The molecule has 0 aliphatic heterocycles. The molecule has 0 saturated heterocycles. The second-order valence-electron chi connectivity index (χ2n) is 4.13. The Morgan fingerprint density at radius 1 is 1.38 bits per heavy atom. The lowest BCUT2D eigenvalue weighted by molar-refractivity contribution is -0.385. The van der Waals surface area contributed by atoms with E-state index in [4.69, 9.17) is 4.42 Å². The van der Waals surface area contributed by atoms with Gasteiger partial charge in [-0.15, -0.1) is 11.3 Å². The molecular weight excluding hydrogens is 292 g/mol. The van der Waals surface area contributed by atoms with Gasteiger partial charge in [0.2, 0.25) is 5.89 Å². The summed E-state index contributed by atoms with van der Waals surface area (Å²) in [6.07, 6.45) is 2.79. The Morgan fingerprint density at radius 3 is 2.95 bits per heavy atom. The molecule has 3 rings (SSSR count). The summed E-state index contributed by atoms with van der Waals surface area (Å²) < 4.78 is 5.40. The van der Waals surface area contributed by atoms with Crippen LogP contribution < -0.4 is 5.32 Å². The third-order valence-corrected chi connectivity index (χ3v) is 3.55. The molecule has 0 spiro atoms. The zero-order chi connectivity index (χ0) is 14.7. The first-order chi connectivity index (χ1) is 10.2. The number of thiophene rings is 1. The van der Waals surface area contributed by atoms with Gasteiger partial charge in [0.15, 0.2) is 0 Å². The number of oxazole rings is 1. The molecular formula is C13H10N4O3S. The van der Waals surface area contributed by atoms with Gasteiger partial charge in [0.25, 0.3) is 5.69 Å². The van der Waals surface area contributed by atoms with Crippen molar-refractivity contribution >= 4 is 22.8 Å². The van der Waals surface area contributed by atoms with Crippen LogP contribution in [0.2, 0.25) is 0 Å². The molecule has 0 aliphatic carbocycles. The Kier molecular flexibility index (Phi) is 3.61. The maximum Gasteiger partial charge on any atom is 0.287 e. The van der Waals surface area contributed by atoms with Gasteiger partial charge in [-0.1, -0.05) is 6.07 Å². The third kappa shape index (κ3) is 3.06. The number of nitro groups is 1. The molecule has 0 amide bonds. The fraction of sp³-hybridized carbons (Fsp3) is 0.0769. The van der Waals surface area contributed by atoms with Crippen LogP contribution in [0.1, 0.15) is 5.69 Å². The van der Waals surface area contributed by atoms with E-state index >= 15 is 0 Å². The second kappa shape index (κ2) is 5.71. The number of hydrogen-bond donors (Lipinski definition) is 1. The molecule has 0 fully saturated rings. The predicted molar refractivity (Wildman–Crippen MR) is 78.0 cm³/mol. The average Bonchev–Trinajstić information content (AvgIpc) is 3.16. The van der Waals surface area contributed by atoms with Gasteiger partial charge >= 0.3 is 0 Å². The molecule has 3 aromatic heterocycles. The zero-order valence-electron chi connectivity index (χ0n) is 10.7. The number of aromatic nitrogens is 2. The molecule has 0 radical (unpaired) electrons. The highest BCUT2D eigenvalue weighted by atomic mass is 32.1. The Labute approximate surface area is 123 Å². The molecule has 106 valence electrons. The fourth-order valence-electron chi connectivity index (χ4n) is 1.68. The summed E-state index contributed by atoms with van der Waals surface area (Å²) in [7, 11) is 0. The van der Waals surface area contributed by atoms with E-state index in [1.807, 2.05) is 17.5 Å². The predicted octanol–water partition coefficient (Wildman–Crippen LogP) is 3.32. The van der Waals surface area contributed by atoms with Crippen molar-refractivity contribution in [3.8, 4) is 10.8 Å². The van der Waals surface area contributed by atoms with Crippen LogP contribution in [0.4, 0.5) is 11.5 Å². The van der Waals surface area contributed by atoms with E-state index < -0.39 is 4.92 Å². The van der Waals surface area contributed by atoms with Crippen molar-refractivity contribution in [2.75, 3.05) is 5.32 Å². The maximum absolute atomic E-state index is 10.5. The summed E-state index contributed by atoms with van der Waals surface area (Å²) in [5.41, 5.74) is 0.695. The molecule has 8 heteroatoms. The van der Waals surface area contributed by atoms with E-state index in [1.165, 1.54) is 12.3 Å². The Hall–Kier alpha value is -2.74. The smallest absolute Gasteiger partial charge is 0.287 e. The van der Waals surface area contributed by atoms with Gasteiger partial charge in [0, 0.05) is 6.07 Å². The van der Waals surface area contributed by atoms with Crippen LogP contribution in [0.15, 0.2) is 46.5 Å². The monoisotopic (exact) mass is 302 g/mol. The third-order valence-electron chi connectivity index (χ3n) is 2.69. The second-order valence-corrected chi connectivity index (χ2v) is 5.08. The Bertz CT molecular complexity index is 737. The highest BCUT2D eigenvalue weighted by Crippen LogP contribution is 2.23. The molecule has 3 heterocycles. The van der Waals surface area contributed by atoms with E-state index in [0.29, 0.717) is 18.3 Å². The van der Waals surface area contributed by atoms with E-state index in [-0.39, 0.29) is 5.69 Å². The Balaban J connectivity index is 1.64. The van der Waals surface area contributed by atoms with Crippen LogP contribution in [0, 0.1) is 10.1 Å². The molecule has 0 saturated carbocycles. The van der Waals surface area contributed by atoms with Crippen molar-refractivity contribution in [2.45, 2.75) is 6.54 Å². The van der Waals surface area contributed by atoms with Gasteiger partial charge in [-0.25, -0.2) is 9.97 Å². The van der Waals surface area contributed by atoms with E-state index in [2.05, 4.69) is 15.3 Å². The zero-order valence-corrected chi connectivity index (χ0v) is 11.5. The van der Waals surface area contributed by atoms with Crippen LogP contribution in [-0.2, 0) is 6.54 Å². The average molecular weight is 302 g/mol. The molecule has 0 bridgehead atoms. The molecule has 0 aromatic carbocycles. The summed E-state index contributed by atoms with van der Waals surface area (Å²) in [5, 5.41) is 15.5. The van der Waals surface area contributed by atoms with Gasteiger partial charge in [0.05, 0.1) is 22.0 Å². The highest BCUT2D eigenvalue weighted by Gasteiger charge is 2.08. The standard InChI is InChI=1S/C13H10N4O3S/c18-17(19)10-3-4-12(15-7-10)14-6-9-8-20-13(16-9)11-2-1-5-21-11/h1-5,7-8H,6H2,(H,14,15). The molecule has 0 unspecified atom stereocenters. The van der Waals surface area contributed by atoms with Crippen molar-refractivity contribution < 1.29 is 9.34 Å². The maximum atomic E-state index is 10.5. The first-order valence-corrected chi connectivity index (χ1v) is 6.93. The van der Waals surface area contributed by atoms with Gasteiger partial charge in [-0.2, -0.15) is 0 Å². The van der Waals surface area contributed by atoms with E-state index in [1.54, 1.807) is 23.7 Å². The van der Waals surface area contributed by atoms with E-state index in [9.17, 15) is 10.1 Å². The van der Waals surface area contributed by atoms with Crippen LogP contribution in [0.25, 0.3) is 10.8 Å². The summed E-state index contributed by atoms with van der Waals surface area (Å²) in [4.78, 5) is 19.3. The van der Waals surface area contributed by atoms with Crippen LogP contribution in [0.5, 0.6) is 0 Å². The molecule has 1 N–H and O–H groups in total. The molecule has 3 aromatic rings. The summed E-state index contributed by atoms with van der Waals surface area (Å²) >= 11 is 1.56. The summed E-state index contributed by atoms with van der Waals surface area (Å²) in [5.74, 6) is 1.12. The number of pyridine rings is 1. The molecule has 0 atom stereocenters. The lowest BCUT2D eigenvalue weighted by Gasteiger charge is -2.01. The van der Waals surface area contributed by atoms with Crippen LogP contribution >= 0.6 is 11.3 Å². The SMILES string of the molecule is O=[N+]([O-])c1ccc(NCc2coc(-c3cccs3)n2)nc1. The van der Waals surface area contributed by atoms with Gasteiger partial charge < -0.3 is 9.73 Å². The minimum atomic E-state index is -0.484. The van der Waals surface area contributed by atoms with Crippen molar-refractivity contribution in [3.63, 3.8) is 0 Å². The quantitative estimate of drug-likeness (QED) is 0.574. The van der Waals surface area contributed by atoms with Gasteiger partial charge in [0.1, 0.15) is 18.3 Å². The van der Waals surface area contributed by atoms with Crippen molar-refractivity contribution in [1.29, 1.82) is 0 Å². The van der Waals surface area contributed by atoms with Crippen molar-refractivity contribution in [2.24, 2.45) is 0 Å². The van der Waals surface area contributed by atoms with Crippen molar-refractivity contribution in [3.05, 3.63) is 57.9 Å². The molecule has 0 aliphatic rings. The number of nitrogens with one attached hydrogen (secondary N) is 1. The molecule has 21 heavy (non-hydrogen) atoms. The minimum Gasteiger partial charge on any atom is -0.443 e. The van der Waals surface area contributed by atoms with E-state index in [0.717, 1.165) is 10.6 Å². The van der Waals surface area contributed by atoms with Crippen LogP contribution in [-0.4, -0.2) is 14.9 Å². The lowest BCUT2D eigenvalue weighted by atomic mass is 10.4. The first kappa shape index (κ1) is 13.3. The normalized spacial score (nSPS) is 10.5. The summed E-state index contributed by atoms with van der Waals surface area (Å²) in [6, 6.07) is 6.82. The molecule has 7 nitrogen and oxygen atoms in total. The highest BCUT2D eigenvalue weighted by molar-refractivity contribution is 7.13. The number of anilines is 1. The largest absolute Gasteiger partial charge is 0.443 e. The number of rotatable bonds is 5. The topological polar surface area (TPSA) is 94.1 Å².